The summed E-state index contributed by atoms with van der Waals surface area (Å²) in [7, 11) is 2.09. The molecule has 1 unspecified atom stereocenters. The average molecular weight is 162 g/mol. The van der Waals surface area contributed by atoms with Gasteiger partial charge in [0.1, 0.15) is 0 Å². The number of hydrogen-bond donors (Lipinski definition) is 2. The monoisotopic (exact) mass is 162 g/mol. The summed E-state index contributed by atoms with van der Waals surface area (Å²) in [6.45, 7) is 0.678. The number of rotatable bonds is 5. The summed E-state index contributed by atoms with van der Waals surface area (Å²) in [6.07, 6.45) is 2.64. The molecule has 0 fully saturated rings. The molecule has 0 amide bonds. The molecular formula is C6H15N2OP. The van der Waals surface area contributed by atoms with Gasteiger partial charge in [-0.3, -0.25) is 4.79 Å². The summed E-state index contributed by atoms with van der Waals surface area (Å²) in [5.41, 5.74) is 10.7. The van der Waals surface area contributed by atoms with Gasteiger partial charge in [-0.1, -0.05) is 15.7 Å². The standard InChI is InChI=1S/C6H15N2OP/c7-4-2-1-3-5(8)6(9)10/h5H,1-4,7-8,10H2/t5-/m0/s1. The Hall–Kier alpha value is 0.0200. The first kappa shape index (κ1) is 10.0. The van der Waals surface area contributed by atoms with Crippen molar-refractivity contribution >= 4 is 14.8 Å². The zero-order valence-corrected chi connectivity index (χ0v) is 7.20. The molecule has 0 aromatic carbocycles. The molecule has 0 aromatic rings. The van der Waals surface area contributed by atoms with Gasteiger partial charge in [-0.2, -0.15) is 0 Å². The zero-order valence-electron chi connectivity index (χ0n) is 6.05. The topological polar surface area (TPSA) is 69.1 Å². The average Bonchev–Trinajstić information content (AvgIpc) is 1.88. The first-order valence-corrected chi connectivity index (χ1v) is 4.01. The van der Waals surface area contributed by atoms with E-state index in [0.29, 0.717) is 6.54 Å². The van der Waals surface area contributed by atoms with Crippen LogP contribution in [0.25, 0.3) is 0 Å². The lowest BCUT2D eigenvalue weighted by Crippen LogP contribution is -2.26. The maximum atomic E-state index is 10.5. The second-order valence-electron chi connectivity index (χ2n) is 2.29. The van der Waals surface area contributed by atoms with Gasteiger partial charge in [0, 0.05) is 0 Å². The summed E-state index contributed by atoms with van der Waals surface area (Å²) >= 11 is 0. The Balaban J connectivity index is 3.21. The lowest BCUT2D eigenvalue weighted by atomic mass is 10.1. The van der Waals surface area contributed by atoms with Crippen molar-refractivity contribution in [2.24, 2.45) is 11.5 Å². The molecule has 0 aliphatic heterocycles. The number of carbonyl (C=O) groups is 1. The molecule has 0 aromatic heterocycles. The smallest absolute Gasteiger partial charge is 0.164 e. The van der Waals surface area contributed by atoms with Gasteiger partial charge in [0.2, 0.25) is 0 Å². The quantitative estimate of drug-likeness (QED) is 0.436. The van der Waals surface area contributed by atoms with Crippen LogP contribution in [0.2, 0.25) is 0 Å². The summed E-state index contributed by atoms with van der Waals surface area (Å²) in [5.74, 6) is 0. The Labute approximate surface area is 63.7 Å². The number of unbranched alkanes of at least 4 members (excludes halogenated alkanes) is 1. The van der Waals surface area contributed by atoms with Gasteiger partial charge in [0.05, 0.1) is 6.04 Å². The van der Waals surface area contributed by atoms with Gasteiger partial charge >= 0.3 is 0 Å². The highest BCUT2D eigenvalue weighted by Gasteiger charge is 2.05. The molecule has 0 heterocycles. The van der Waals surface area contributed by atoms with Gasteiger partial charge < -0.3 is 11.5 Å². The summed E-state index contributed by atoms with van der Waals surface area (Å²) < 4.78 is 0. The number of carbonyl (C=O) groups excluding carboxylic acids is 1. The van der Waals surface area contributed by atoms with E-state index in [1.54, 1.807) is 0 Å². The Kier molecular flexibility index (Phi) is 5.79. The largest absolute Gasteiger partial charge is 0.330 e. The molecule has 0 bridgehead atoms. The van der Waals surface area contributed by atoms with Crippen molar-refractivity contribution in [3.63, 3.8) is 0 Å². The second kappa shape index (κ2) is 5.78. The Morgan fingerprint density at radius 3 is 2.50 bits per heavy atom. The van der Waals surface area contributed by atoms with Gasteiger partial charge in [-0.15, -0.1) is 0 Å². The van der Waals surface area contributed by atoms with E-state index in [9.17, 15) is 4.79 Å². The van der Waals surface area contributed by atoms with Crippen LogP contribution in [0.5, 0.6) is 0 Å². The van der Waals surface area contributed by atoms with Crippen LogP contribution in [0.3, 0.4) is 0 Å². The van der Waals surface area contributed by atoms with Crippen molar-refractivity contribution in [1.29, 1.82) is 0 Å². The molecule has 4 N–H and O–H groups in total. The number of nitrogens with two attached hydrogens (primary N) is 2. The van der Waals surface area contributed by atoms with E-state index in [4.69, 9.17) is 11.5 Å². The molecule has 0 aliphatic carbocycles. The fraction of sp³-hybridized carbons (Fsp3) is 0.833. The molecule has 3 nitrogen and oxygen atoms in total. The molecule has 60 valence electrons. The lowest BCUT2D eigenvalue weighted by molar-refractivity contribution is -0.112. The van der Waals surface area contributed by atoms with Crippen molar-refractivity contribution in [3.8, 4) is 0 Å². The molecule has 0 aliphatic rings. The van der Waals surface area contributed by atoms with Crippen LogP contribution in [0.4, 0.5) is 0 Å². The molecule has 0 saturated heterocycles. The highest BCUT2D eigenvalue weighted by Crippen LogP contribution is 2.01. The Morgan fingerprint density at radius 1 is 1.50 bits per heavy atom. The fourth-order valence-corrected chi connectivity index (χ4v) is 0.818. The third kappa shape index (κ3) is 4.86. The molecule has 4 heteroatoms. The SMILES string of the molecule is NCCCC[C@H](N)C(=O)P. The van der Waals surface area contributed by atoms with Crippen LogP contribution in [-0.4, -0.2) is 18.1 Å². The molecule has 0 rings (SSSR count). The summed E-state index contributed by atoms with van der Waals surface area (Å²) in [5, 5.41) is 0. The van der Waals surface area contributed by atoms with E-state index in [1.807, 2.05) is 0 Å². The molecule has 0 spiro atoms. The molecule has 2 atom stereocenters. The maximum absolute atomic E-state index is 10.5. The number of hydrogen-bond acceptors (Lipinski definition) is 3. The minimum absolute atomic E-state index is 0.0166. The third-order valence-corrected chi connectivity index (χ3v) is 1.76. The molecule has 0 radical (unpaired) electrons. The molecular weight excluding hydrogens is 147 g/mol. The third-order valence-electron chi connectivity index (χ3n) is 1.33. The van der Waals surface area contributed by atoms with Crippen molar-refractivity contribution in [1.82, 2.24) is 0 Å². The van der Waals surface area contributed by atoms with Crippen LogP contribution in [-0.2, 0) is 4.79 Å². The second-order valence-corrected chi connectivity index (χ2v) is 2.86. The first-order valence-electron chi connectivity index (χ1n) is 3.43. The van der Waals surface area contributed by atoms with Crippen LogP contribution in [0, 0.1) is 0 Å². The molecule has 10 heavy (non-hydrogen) atoms. The van der Waals surface area contributed by atoms with E-state index < -0.39 is 0 Å². The van der Waals surface area contributed by atoms with E-state index in [1.165, 1.54) is 0 Å². The van der Waals surface area contributed by atoms with Crippen LogP contribution >= 0.6 is 9.24 Å². The zero-order chi connectivity index (χ0) is 7.98. The van der Waals surface area contributed by atoms with E-state index in [-0.39, 0.29) is 11.6 Å². The lowest BCUT2D eigenvalue weighted by Gasteiger charge is -2.04. The van der Waals surface area contributed by atoms with Crippen molar-refractivity contribution in [2.75, 3.05) is 6.54 Å². The molecule has 0 saturated carbocycles. The Bertz CT molecular complexity index is 108. The van der Waals surface area contributed by atoms with Crippen molar-refractivity contribution in [2.45, 2.75) is 25.3 Å². The highest BCUT2D eigenvalue weighted by molar-refractivity contribution is 7.40. The van der Waals surface area contributed by atoms with Gasteiger partial charge in [-0.25, -0.2) is 0 Å². The summed E-state index contributed by atoms with van der Waals surface area (Å²) in [4.78, 5) is 10.5. The van der Waals surface area contributed by atoms with E-state index in [0.717, 1.165) is 19.3 Å². The fourth-order valence-electron chi connectivity index (χ4n) is 0.651. The van der Waals surface area contributed by atoms with Gasteiger partial charge in [-0.05, 0) is 19.4 Å². The van der Waals surface area contributed by atoms with Crippen molar-refractivity contribution < 1.29 is 4.79 Å². The maximum Gasteiger partial charge on any atom is 0.164 e. The normalized spacial score (nSPS) is 13.1. The first-order chi connectivity index (χ1) is 4.68. The van der Waals surface area contributed by atoms with Crippen LogP contribution < -0.4 is 11.5 Å². The Morgan fingerprint density at radius 2 is 2.10 bits per heavy atom. The summed E-state index contributed by atoms with van der Waals surface area (Å²) in [6, 6.07) is -0.309. The van der Waals surface area contributed by atoms with Gasteiger partial charge in [0.25, 0.3) is 0 Å². The predicted molar refractivity (Wildman–Crippen MR) is 45.6 cm³/mol. The van der Waals surface area contributed by atoms with Crippen LogP contribution in [0.15, 0.2) is 0 Å². The highest BCUT2D eigenvalue weighted by atomic mass is 31.0. The van der Waals surface area contributed by atoms with Crippen LogP contribution in [0.1, 0.15) is 19.3 Å². The predicted octanol–water partition coefficient (Wildman–Crippen LogP) is -0.156. The van der Waals surface area contributed by atoms with E-state index in [2.05, 4.69) is 9.24 Å². The van der Waals surface area contributed by atoms with Gasteiger partial charge in [0.15, 0.2) is 5.52 Å². The minimum atomic E-state index is -0.309. The van der Waals surface area contributed by atoms with Crippen molar-refractivity contribution in [3.05, 3.63) is 0 Å². The van der Waals surface area contributed by atoms with E-state index >= 15 is 0 Å². The minimum Gasteiger partial charge on any atom is -0.330 e.